The summed E-state index contributed by atoms with van der Waals surface area (Å²) in [4.78, 5) is 0. The smallest absolute Gasteiger partial charge is 0.456 e. The van der Waals surface area contributed by atoms with Crippen LogP contribution in [0.2, 0.25) is 0 Å². The molecular weight excluding hydrogens is 503 g/mol. The van der Waals surface area contributed by atoms with Crippen molar-refractivity contribution in [2.75, 3.05) is 0 Å². The molecule has 1 fully saturated rings. The second-order valence-electron chi connectivity index (χ2n) is 12.7. The molecular formula is C37H29BO3. The minimum atomic E-state index is -0.454. The van der Waals surface area contributed by atoms with Gasteiger partial charge in [-0.1, -0.05) is 91.0 Å². The molecule has 5 aromatic carbocycles. The Labute approximate surface area is 239 Å². The summed E-state index contributed by atoms with van der Waals surface area (Å²) < 4.78 is 19.7. The molecule has 6 aromatic rings. The second-order valence-corrected chi connectivity index (χ2v) is 12.7. The topological polar surface area (TPSA) is 31.6 Å². The van der Waals surface area contributed by atoms with Gasteiger partial charge in [-0.15, -0.1) is 0 Å². The third kappa shape index (κ3) is 2.73. The van der Waals surface area contributed by atoms with Gasteiger partial charge < -0.3 is 13.7 Å². The minimum Gasteiger partial charge on any atom is -0.456 e. The van der Waals surface area contributed by atoms with Crippen LogP contribution in [0, 0.1) is 0 Å². The van der Waals surface area contributed by atoms with Gasteiger partial charge >= 0.3 is 7.12 Å². The first-order valence-electron chi connectivity index (χ1n) is 14.5. The van der Waals surface area contributed by atoms with Gasteiger partial charge in [0.15, 0.2) is 0 Å². The maximum absolute atomic E-state index is 6.64. The van der Waals surface area contributed by atoms with Gasteiger partial charge in [0.25, 0.3) is 0 Å². The summed E-state index contributed by atoms with van der Waals surface area (Å²) in [6.45, 7) is 8.48. The number of fused-ring (bicyclic) bond motifs is 14. The molecule has 2 heterocycles. The molecule has 1 unspecified atom stereocenters. The fraction of sp³-hybridized carbons (Fsp3) is 0.189. The highest BCUT2D eigenvalue weighted by atomic mass is 16.7. The molecule has 0 amide bonds. The lowest BCUT2D eigenvalue weighted by Crippen LogP contribution is -2.41. The van der Waals surface area contributed by atoms with Gasteiger partial charge in [0.05, 0.1) is 16.6 Å². The predicted octanol–water partition coefficient (Wildman–Crippen LogP) is 8.23. The molecule has 3 nitrogen and oxygen atoms in total. The van der Waals surface area contributed by atoms with Crippen LogP contribution in [-0.4, -0.2) is 18.3 Å². The van der Waals surface area contributed by atoms with Crippen molar-refractivity contribution in [3.8, 4) is 22.3 Å². The zero-order chi connectivity index (χ0) is 27.7. The van der Waals surface area contributed by atoms with Crippen LogP contribution in [-0.2, 0) is 14.7 Å². The van der Waals surface area contributed by atoms with E-state index in [2.05, 4.69) is 125 Å². The maximum Gasteiger partial charge on any atom is 0.495 e. The Balaban J connectivity index is 1.41. The van der Waals surface area contributed by atoms with Gasteiger partial charge in [0, 0.05) is 10.8 Å². The summed E-state index contributed by atoms with van der Waals surface area (Å²) in [6, 6.07) is 37.4. The SMILES string of the molecule is CC1(C)OB(c2cccc3c2-c2ccccc2C32c3ccccc3-c3c2ccc2oc4ccccc4c32)OC1(C)C. The molecule has 2 aliphatic carbocycles. The van der Waals surface area contributed by atoms with E-state index in [1.807, 2.05) is 6.07 Å². The molecule has 3 aliphatic rings. The Hall–Kier alpha value is -4.12. The summed E-state index contributed by atoms with van der Waals surface area (Å²) in [7, 11) is -0.449. The molecule has 4 heteroatoms. The molecule has 1 aromatic heterocycles. The molecule has 1 aliphatic heterocycles. The summed E-state index contributed by atoms with van der Waals surface area (Å²) in [6.07, 6.45) is 0. The van der Waals surface area contributed by atoms with Crippen LogP contribution >= 0.6 is 0 Å². The largest absolute Gasteiger partial charge is 0.495 e. The molecule has 0 bridgehead atoms. The fourth-order valence-electron chi connectivity index (χ4n) is 7.69. The maximum atomic E-state index is 6.64. The van der Waals surface area contributed by atoms with E-state index < -0.39 is 23.7 Å². The quantitative estimate of drug-likeness (QED) is 0.200. The average Bonchev–Trinajstić information content (AvgIpc) is 3.65. The molecule has 9 rings (SSSR count). The number of para-hydroxylation sites is 1. The fourth-order valence-corrected chi connectivity index (χ4v) is 7.69. The van der Waals surface area contributed by atoms with Gasteiger partial charge in [-0.2, -0.15) is 0 Å². The van der Waals surface area contributed by atoms with Crippen LogP contribution in [0.3, 0.4) is 0 Å². The molecule has 0 N–H and O–H groups in total. The number of hydrogen-bond acceptors (Lipinski definition) is 3. The third-order valence-corrected chi connectivity index (χ3v) is 10.2. The molecule has 198 valence electrons. The molecule has 0 radical (unpaired) electrons. The number of furan rings is 1. The van der Waals surface area contributed by atoms with Crippen LogP contribution in [0.4, 0.5) is 0 Å². The van der Waals surface area contributed by atoms with Crippen LogP contribution < -0.4 is 5.46 Å². The van der Waals surface area contributed by atoms with Crippen molar-refractivity contribution in [2.24, 2.45) is 0 Å². The lowest BCUT2D eigenvalue weighted by molar-refractivity contribution is 0.00578. The van der Waals surface area contributed by atoms with E-state index >= 15 is 0 Å². The van der Waals surface area contributed by atoms with Crippen LogP contribution in [0.5, 0.6) is 0 Å². The minimum absolute atomic E-state index is 0.420. The van der Waals surface area contributed by atoms with E-state index in [1.54, 1.807) is 0 Å². The second kappa shape index (κ2) is 7.58. The molecule has 0 saturated carbocycles. The van der Waals surface area contributed by atoms with Crippen LogP contribution in [0.15, 0.2) is 108 Å². The first kappa shape index (κ1) is 23.6. The van der Waals surface area contributed by atoms with Crippen molar-refractivity contribution < 1.29 is 13.7 Å². The predicted molar refractivity (Wildman–Crippen MR) is 166 cm³/mol. The Morgan fingerprint density at radius 2 is 1.10 bits per heavy atom. The monoisotopic (exact) mass is 532 g/mol. The normalized spacial score (nSPS) is 20.9. The van der Waals surface area contributed by atoms with Gasteiger partial charge in [-0.05, 0) is 89.8 Å². The zero-order valence-electron chi connectivity index (χ0n) is 23.6. The lowest BCUT2D eigenvalue weighted by atomic mass is 9.68. The van der Waals surface area contributed by atoms with Crippen molar-refractivity contribution in [1.29, 1.82) is 0 Å². The van der Waals surface area contributed by atoms with E-state index in [9.17, 15) is 0 Å². The number of benzene rings is 5. The first-order valence-corrected chi connectivity index (χ1v) is 14.5. The van der Waals surface area contributed by atoms with Crippen molar-refractivity contribution in [1.82, 2.24) is 0 Å². The molecule has 1 atom stereocenters. The zero-order valence-corrected chi connectivity index (χ0v) is 23.6. The Morgan fingerprint density at radius 1 is 0.512 bits per heavy atom. The number of rotatable bonds is 1. The standard InChI is InChI=1S/C37H29BO3/c1-35(2)36(3,4)41-38(40-35)29-18-11-17-27-32(29)22-12-5-8-15-25(22)37(27)26-16-9-6-13-23(26)33-28(37)20-21-31-34(33)24-14-7-10-19-30(24)39-31/h5-21H,1-4H3. The third-order valence-electron chi connectivity index (χ3n) is 10.2. The summed E-state index contributed by atoms with van der Waals surface area (Å²) in [5, 5.41) is 2.35. The highest BCUT2D eigenvalue weighted by Gasteiger charge is 2.56. The van der Waals surface area contributed by atoms with E-state index in [1.165, 1.54) is 49.9 Å². The van der Waals surface area contributed by atoms with Crippen LogP contribution in [0.1, 0.15) is 49.9 Å². The van der Waals surface area contributed by atoms with Crippen LogP contribution in [0.25, 0.3) is 44.2 Å². The van der Waals surface area contributed by atoms with Crippen molar-refractivity contribution >= 4 is 34.5 Å². The van der Waals surface area contributed by atoms with E-state index in [4.69, 9.17) is 13.7 Å². The van der Waals surface area contributed by atoms with E-state index in [-0.39, 0.29) is 0 Å². The summed E-state index contributed by atoms with van der Waals surface area (Å²) in [5.41, 5.74) is 11.8. The summed E-state index contributed by atoms with van der Waals surface area (Å²) >= 11 is 0. The average molecular weight is 532 g/mol. The van der Waals surface area contributed by atoms with Gasteiger partial charge in [0.1, 0.15) is 11.2 Å². The van der Waals surface area contributed by atoms with Crippen molar-refractivity contribution in [2.45, 2.75) is 44.3 Å². The molecule has 1 saturated heterocycles. The highest BCUT2D eigenvalue weighted by Crippen LogP contribution is 2.64. The summed E-state index contributed by atoms with van der Waals surface area (Å²) in [5.74, 6) is 0. The van der Waals surface area contributed by atoms with E-state index in [0.717, 1.165) is 22.0 Å². The highest BCUT2D eigenvalue weighted by molar-refractivity contribution is 6.64. The molecule has 1 spiro atoms. The van der Waals surface area contributed by atoms with Gasteiger partial charge in [-0.3, -0.25) is 0 Å². The number of hydrogen-bond donors (Lipinski definition) is 0. The lowest BCUT2D eigenvalue weighted by Gasteiger charge is -2.32. The van der Waals surface area contributed by atoms with Gasteiger partial charge in [0.2, 0.25) is 0 Å². The van der Waals surface area contributed by atoms with E-state index in [0.29, 0.717) is 0 Å². The Morgan fingerprint density at radius 3 is 1.83 bits per heavy atom. The molecule has 41 heavy (non-hydrogen) atoms. The Kier molecular flexibility index (Phi) is 4.36. The first-order chi connectivity index (χ1) is 19.8. The van der Waals surface area contributed by atoms with Gasteiger partial charge in [-0.25, -0.2) is 0 Å². The van der Waals surface area contributed by atoms with Crippen molar-refractivity contribution in [3.05, 3.63) is 125 Å². The Bertz CT molecular complexity index is 2070. The van der Waals surface area contributed by atoms with Crippen molar-refractivity contribution in [3.63, 3.8) is 0 Å².